The summed E-state index contributed by atoms with van der Waals surface area (Å²) in [4.78, 5) is 11.9. The van der Waals surface area contributed by atoms with Crippen molar-refractivity contribution < 1.29 is 9.53 Å². The molecular weight excluding hydrogens is 202 g/mol. The van der Waals surface area contributed by atoms with Gasteiger partial charge in [0.15, 0.2) is 0 Å². The van der Waals surface area contributed by atoms with E-state index in [4.69, 9.17) is 4.74 Å². The van der Waals surface area contributed by atoms with Crippen LogP contribution in [0.3, 0.4) is 0 Å². The van der Waals surface area contributed by atoms with Crippen molar-refractivity contribution in [2.24, 2.45) is 5.92 Å². The summed E-state index contributed by atoms with van der Waals surface area (Å²) in [6, 6.07) is 0.194. The summed E-state index contributed by atoms with van der Waals surface area (Å²) in [5.41, 5.74) is 0. The van der Waals surface area contributed by atoms with E-state index in [1.165, 1.54) is 25.7 Å². The van der Waals surface area contributed by atoms with E-state index in [0.717, 1.165) is 6.42 Å². The molecule has 1 aliphatic carbocycles. The topological polar surface area (TPSA) is 38.3 Å². The summed E-state index contributed by atoms with van der Waals surface area (Å²) >= 11 is 0. The van der Waals surface area contributed by atoms with E-state index in [1.54, 1.807) is 0 Å². The minimum atomic E-state index is -0.240. The van der Waals surface area contributed by atoms with Crippen LogP contribution in [0.4, 0.5) is 0 Å². The number of amides is 1. The Morgan fingerprint density at radius 1 is 1.38 bits per heavy atom. The van der Waals surface area contributed by atoms with Gasteiger partial charge in [-0.25, -0.2) is 0 Å². The van der Waals surface area contributed by atoms with E-state index in [-0.39, 0.29) is 18.1 Å². The van der Waals surface area contributed by atoms with Gasteiger partial charge in [0.2, 0.25) is 5.91 Å². The lowest BCUT2D eigenvalue weighted by atomic mass is 9.99. The molecule has 1 fully saturated rings. The Hall–Kier alpha value is -0.570. The van der Waals surface area contributed by atoms with Gasteiger partial charge in [0.1, 0.15) is 6.10 Å². The fourth-order valence-corrected chi connectivity index (χ4v) is 2.38. The zero-order valence-electron chi connectivity index (χ0n) is 10.8. The molecule has 1 rings (SSSR count). The van der Waals surface area contributed by atoms with E-state index in [0.29, 0.717) is 12.5 Å². The van der Waals surface area contributed by atoms with E-state index >= 15 is 0 Å². The molecule has 1 N–H and O–H groups in total. The SMILES string of the molecule is CCOC(CC1CCCC1)C(=O)NC(C)C. The molecule has 16 heavy (non-hydrogen) atoms. The molecule has 0 aliphatic heterocycles. The summed E-state index contributed by atoms with van der Waals surface area (Å²) < 4.78 is 5.55. The maximum Gasteiger partial charge on any atom is 0.249 e. The lowest BCUT2D eigenvalue weighted by molar-refractivity contribution is -0.134. The summed E-state index contributed by atoms with van der Waals surface area (Å²) in [5, 5.41) is 2.94. The van der Waals surface area contributed by atoms with Crippen molar-refractivity contribution in [2.45, 2.75) is 65.0 Å². The van der Waals surface area contributed by atoms with Crippen molar-refractivity contribution in [3.05, 3.63) is 0 Å². The van der Waals surface area contributed by atoms with Crippen LogP contribution in [0.25, 0.3) is 0 Å². The first-order valence-corrected chi connectivity index (χ1v) is 6.55. The number of hydrogen-bond acceptors (Lipinski definition) is 2. The normalized spacial score (nSPS) is 19.0. The van der Waals surface area contributed by atoms with Crippen molar-refractivity contribution in [3.8, 4) is 0 Å². The standard InChI is InChI=1S/C13H25NO2/c1-4-16-12(13(15)14-10(2)3)9-11-7-5-6-8-11/h10-12H,4-9H2,1-3H3,(H,14,15). The molecular formula is C13H25NO2. The largest absolute Gasteiger partial charge is 0.369 e. The third-order valence-electron chi connectivity index (χ3n) is 3.11. The maximum absolute atomic E-state index is 11.9. The number of carbonyl (C=O) groups excluding carboxylic acids is 1. The number of hydrogen-bond donors (Lipinski definition) is 1. The fourth-order valence-electron chi connectivity index (χ4n) is 2.38. The Morgan fingerprint density at radius 2 is 2.00 bits per heavy atom. The molecule has 0 spiro atoms. The predicted molar refractivity (Wildman–Crippen MR) is 65.3 cm³/mol. The second-order valence-corrected chi connectivity index (χ2v) is 4.99. The highest BCUT2D eigenvalue weighted by Gasteiger charge is 2.25. The van der Waals surface area contributed by atoms with Crippen LogP contribution < -0.4 is 5.32 Å². The second kappa shape index (κ2) is 6.89. The van der Waals surface area contributed by atoms with Gasteiger partial charge in [-0.1, -0.05) is 25.7 Å². The van der Waals surface area contributed by atoms with Crippen molar-refractivity contribution in [1.29, 1.82) is 0 Å². The molecule has 1 unspecified atom stereocenters. The molecule has 1 saturated carbocycles. The molecule has 3 nitrogen and oxygen atoms in total. The Morgan fingerprint density at radius 3 is 2.50 bits per heavy atom. The van der Waals surface area contributed by atoms with Crippen LogP contribution in [0.5, 0.6) is 0 Å². The van der Waals surface area contributed by atoms with E-state index in [2.05, 4.69) is 5.32 Å². The van der Waals surface area contributed by atoms with Gasteiger partial charge in [-0.05, 0) is 33.1 Å². The summed E-state index contributed by atoms with van der Waals surface area (Å²) in [5.74, 6) is 0.748. The Balaban J connectivity index is 2.41. The maximum atomic E-state index is 11.9. The zero-order valence-corrected chi connectivity index (χ0v) is 10.8. The van der Waals surface area contributed by atoms with Crippen LogP contribution in [0.1, 0.15) is 52.9 Å². The highest BCUT2D eigenvalue weighted by molar-refractivity contribution is 5.81. The minimum absolute atomic E-state index is 0.0590. The molecule has 3 heteroatoms. The smallest absolute Gasteiger partial charge is 0.249 e. The Kier molecular flexibility index (Phi) is 5.81. The number of rotatable bonds is 6. The predicted octanol–water partition coefficient (Wildman–Crippen LogP) is 2.50. The van der Waals surface area contributed by atoms with Crippen LogP contribution in [0.2, 0.25) is 0 Å². The van der Waals surface area contributed by atoms with Gasteiger partial charge in [0.05, 0.1) is 0 Å². The van der Waals surface area contributed by atoms with Crippen LogP contribution in [-0.2, 0) is 9.53 Å². The lowest BCUT2D eigenvalue weighted by Gasteiger charge is -2.21. The molecule has 0 aromatic heterocycles. The molecule has 1 aliphatic rings. The number of carbonyl (C=O) groups is 1. The quantitative estimate of drug-likeness (QED) is 0.757. The van der Waals surface area contributed by atoms with E-state index < -0.39 is 0 Å². The first kappa shape index (κ1) is 13.5. The van der Waals surface area contributed by atoms with Crippen LogP contribution >= 0.6 is 0 Å². The van der Waals surface area contributed by atoms with Crippen molar-refractivity contribution in [1.82, 2.24) is 5.32 Å². The second-order valence-electron chi connectivity index (χ2n) is 4.99. The number of nitrogens with one attached hydrogen (secondary N) is 1. The molecule has 1 amide bonds. The van der Waals surface area contributed by atoms with Gasteiger partial charge in [-0.15, -0.1) is 0 Å². The first-order valence-electron chi connectivity index (χ1n) is 6.55. The lowest BCUT2D eigenvalue weighted by Crippen LogP contribution is -2.41. The molecule has 0 bridgehead atoms. The highest BCUT2D eigenvalue weighted by atomic mass is 16.5. The van der Waals surface area contributed by atoms with Gasteiger partial charge in [-0.2, -0.15) is 0 Å². The number of ether oxygens (including phenoxy) is 1. The third kappa shape index (κ3) is 4.52. The molecule has 1 atom stereocenters. The van der Waals surface area contributed by atoms with Gasteiger partial charge < -0.3 is 10.1 Å². The molecule has 0 aromatic carbocycles. The first-order chi connectivity index (χ1) is 7.63. The van der Waals surface area contributed by atoms with Gasteiger partial charge in [0.25, 0.3) is 0 Å². The Bertz CT molecular complexity index is 210. The molecule has 0 radical (unpaired) electrons. The summed E-state index contributed by atoms with van der Waals surface area (Å²) in [6.07, 6.45) is 5.81. The minimum Gasteiger partial charge on any atom is -0.369 e. The molecule has 0 heterocycles. The monoisotopic (exact) mass is 227 g/mol. The molecule has 0 aromatic rings. The van der Waals surface area contributed by atoms with Crippen LogP contribution in [0.15, 0.2) is 0 Å². The van der Waals surface area contributed by atoms with Gasteiger partial charge in [0, 0.05) is 12.6 Å². The van der Waals surface area contributed by atoms with E-state index in [9.17, 15) is 4.79 Å². The van der Waals surface area contributed by atoms with Crippen molar-refractivity contribution in [2.75, 3.05) is 6.61 Å². The van der Waals surface area contributed by atoms with Crippen molar-refractivity contribution >= 4 is 5.91 Å². The third-order valence-corrected chi connectivity index (χ3v) is 3.11. The van der Waals surface area contributed by atoms with Crippen LogP contribution in [0, 0.1) is 5.92 Å². The highest BCUT2D eigenvalue weighted by Crippen LogP contribution is 2.29. The average Bonchev–Trinajstić information content (AvgIpc) is 2.68. The summed E-state index contributed by atoms with van der Waals surface area (Å²) in [6.45, 7) is 6.53. The molecule has 94 valence electrons. The Labute approximate surface area is 98.9 Å². The van der Waals surface area contributed by atoms with Gasteiger partial charge in [-0.3, -0.25) is 4.79 Å². The van der Waals surface area contributed by atoms with E-state index in [1.807, 2.05) is 20.8 Å². The zero-order chi connectivity index (χ0) is 12.0. The fraction of sp³-hybridized carbons (Fsp3) is 0.923. The molecule has 0 saturated heterocycles. The van der Waals surface area contributed by atoms with Crippen LogP contribution in [-0.4, -0.2) is 24.7 Å². The van der Waals surface area contributed by atoms with Gasteiger partial charge >= 0.3 is 0 Å². The summed E-state index contributed by atoms with van der Waals surface area (Å²) in [7, 11) is 0. The average molecular weight is 227 g/mol. The van der Waals surface area contributed by atoms with Crippen molar-refractivity contribution in [3.63, 3.8) is 0 Å².